The molecule has 0 aliphatic carbocycles. The van der Waals surface area contributed by atoms with Gasteiger partial charge in [-0.15, -0.1) is 11.3 Å². The van der Waals surface area contributed by atoms with Gasteiger partial charge in [-0.1, -0.05) is 18.2 Å². The maximum atomic E-state index is 13.3. The van der Waals surface area contributed by atoms with Crippen molar-refractivity contribution in [2.24, 2.45) is 5.92 Å². The highest BCUT2D eigenvalue weighted by atomic mass is 32.1. The Bertz CT molecular complexity index is 921. The zero-order valence-electron chi connectivity index (χ0n) is 14.5. The van der Waals surface area contributed by atoms with Crippen LogP contribution in [-0.4, -0.2) is 56.6 Å². The van der Waals surface area contributed by atoms with Gasteiger partial charge in [-0.2, -0.15) is 5.10 Å². The molecule has 7 heteroatoms. The van der Waals surface area contributed by atoms with Crippen molar-refractivity contribution < 1.29 is 4.79 Å². The number of nitrogens with one attached hydrogen (secondary N) is 1. The van der Waals surface area contributed by atoms with Crippen molar-refractivity contribution >= 4 is 28.1 Å². The number of carbonyl (C=O) groups excluding carboxylic acids is 1. The second-order valence-electron chi connectivity index (χ2n) is 7.35. The highest BCUT2D eigenvalue weighted by Crippen LogP contribution is 2.30. The molecule has 3 saturated heterocycles. The van der Waals surface area contributed by atoms with Gasteiger partial charge in [-0.25, -0.2) is 4.98 Å². The van der Waals surface area contributed by atoms with Gasteiger partial charge in [-0.05, 0) is 24.8 Å². The van der Waals surface area contributed by atoms with Crippen molar-refractivity contribution in [3.05, 3.63) is 46.5 Å². The molecule has 2 aromatic heterocycles. The smallest absolute Gasteiger partial charge is 0.275 e. The minimum absolute atomic E-state index is 0.0626. The number of aromatic nitrogens is 3. The van der Waals surface area contributed by atoms with E-state index in [2.05, 4.69) is 30.4 Å². The van der Waals surface area contributed by atoms with Crippen LogP contribution in [-0.2, 0) is 6.54 Å². The fraction of sp³-hybridized carbons (Fsp3) is 0.421. The number of thiazole rings is 1. The predicted molar refractivity (Wildman–Crippen MR) is 101 cm³/mol. The minimum atomic E-state index is 0.0626. The van der Waals surface area contributed by atoms with Crippen LogP contribution in [0, 0.1) is 5.92 Å². The maximum Gasteiger partial charge on any atom is 0.275 e. The number of benzene rings is 1. The van der Waals surface area contributed by atoms with E-state index in [4.69, 9.17) is 0 Å². The number of hydrogen-bond donors (Lipinski definition) is 1. The molecule has 1 amide bonds. The van der Waals surface area contributed by atoms with Gasteiger partial charge in [0.15, 0.2) is 5.69 Å². The molecule has 3 fully saturated rings. The first-order chi connectivity index (χ1) is 12.8. The lowest BCUT2D eigenvalue weighted by Gasteiger charge is -2.35. The van der Waals surface area contributed by atoms with E-state index < -0.39 is 0 Å². The molecule has 2 unspecified atom stereocenters. The molecule has 1 N–H and O–H groups in total. The Morgan fingerprint density at radius 1 is 1.23 bits per heavy atom. The lowest BCUT2D eigenvalue weighted by Crippen LogP contribution is -2.47. The van der Waals surface area contributed by atoms with Crippen LogP contribution in [0.15, 0.2) is 35.2 Å². The van der Waals surface area contributed by atoms with Crippen LogP contribution in [0.1, 0.15) is 29.0 Å². The van der Waals surface area contributed by atoms with E-state index in [0.717, 1.165) is 49.2 Å². The molecule has 5 heterocycles. The standard InChI is InChI=1S/C19H21N5OS/c25-19(18-16-3-1-2-4-17(16)21-22-18)24-8-13-5-6-15(24)10-23(7-13)9-14-11-26-12-20-14/h1-4,11-13,15H,5-10H2,(H,21,22). The normalized spacial score (nSPS) is 23.5. The molecule has 2 bridgehead atoms. The summed E-state index contributed by atoms with van der Waals surface area (Å²) >= 11 is 1.64. The fourth-order valence-electron chi connectivity index (χ4n) is 4.36. The highest BCUT2D eigenvalue weighted by Gasteiger charge is 2.38. The molecule has 0 radical (unpaired) electrons. The molecule has 134 valence electrons. The van der Waals surface area contributed by atoms with Gasteiger partial charge in [0.1, 0.15) is 0 Å². The summed E-state index contributed by atoms with van der Waals surface area (Å²) in [6.45, 7) is 3.67. The monoisotopic (exact) mass is 367 g/mol. The van der Waals surface area contributed by atoms with E-state index in [1.807, 2.05) is 29.8 Å². The van der Waals surface area contributed by atoms with Crippen molar-refractivity contribution in [1.29, 1.82) is 0 Å². The maximum absolute atomic E-state index is 13.3. The van der Waals surface area contributed by atoms with Crippen molar-refractivity contribution in [3.8, 4) is 0 Å². The number of amides is 1. The number of para-hydroxylation sites is 1. The van der Waals surface area contributed by atoms with Crippen molar-refractivity contribution in [2.45, 2.75) is 25.4 Å². The molecule has 26 heavy (non-hydrogen) atoms. The second kappa shape index (κ2) is 6.48. The Morgan fingerprint density at radius 2 is 2.15 bits per heavy atom. The molecule has 2 atom stereocenters. The quantitative estimate of drug-likeness (QED) is 0.773. The molecular formula is C19H21N5OS. The summed E-state index contributed by atoms with van der Waals surface area (Å²) < 4.78 is 0. The average molecular weight is 367 g/mol. The van der Waals surface area contributed by atoms with Crippen LogP contribution in [0.3, 0.4) is 0 Å². The van der Waals surface area contributed by atoms with Gasteiger partial charge in [0, 0.05) is 43.0 Å². The second-order valence-corrected chi connectivity index (χ2v) is 8.07. The fourth-order valence-corrected chi connectivity index (χ4v) is 4.91. The molecule has 1 aromatic carbocycles. The Balaban J connectivity index is 1.39. The summed E-state index contributed by atoms with van der Waals surface area (Å²) in [5.41, 5.74) is 4.49. The first-order valence-electron chi connectivity index (χ1n) is 9.11. The van der Waals surface area contributed by atoms with E-state index in [1.54, 1.807) is 11.3 Å². The highest BCUT2D eigenvalue weighted by molar-refractivity contribution is 7.07. The predicted octanol–water partition coefficient (Wildman–Crippen LogP) is 2.76. The van der Waals surface area contributed by atoms with E-state index in [0.29, 0.717) is 11.6 Å². The zero-order chi connectivity index (χ0) is 17.5. The third-order valence-electron chi connectivity index (χ3n) is 5.59. The van der Waals surface area contributed by atoms with Crippen LogP contribution < -0.4 is 0 Å². The number of carbonyl (C=O) groups is 1. The lowest BCUT2D eigenvalue weighted by atomic mass is 9.94. The molecule has 6 rings (SSSR count). The Kier molecular flexibility index (Phi) is 3.98. The van der Waals surface area contributed by atoms with E-state index in [9.17, 15) is 4.79 Å². The topological polar surface area (TPSA) is 65.1 Å². The van der Waals surface area contributed by atoms with Crippen LogP contribution in [0.5, 0.6) is 0 Å². The summed E-state index contributed by atoms with van der Waals surface area (Å²) in [5.74, 6) is 0.592. The summed E-state index contributed by atoms with van der Waals surface area (Å²) in [6, 6.07) is 8.10. The molecule has 3 aliphatic rings. The third-order valence-corrected chi connectivity index (χ3v) is 6.23. The van der Waals surface area contributed by atoms with Crippen LogP contribution in [0.4, 0.5) is 0 Å². The summed E-state index contributed by atoms with van der Waals surface area (Å²) in [4.78, 5) is 22.2. The largest absolute Gasteiger partial charge is 0.333 e. The van der Waals surface area contributed by atoms with Crippen molar-refractivity contribution in [2.75, 3.05) is 19.6 Å². The number of rotatable bonds is 3. The summed E-state index contributed by atoms with van der Waals surface area (Å²) in [7, 11) is 0. The number of nitrogens with zero attached hydrogens (tertiary/aromatic N) is 4. The number of aromatic amines is 1. The van der Waals surface area contributed by atoms with Crippen LogP contribution in [0.2, 0.25) is 0 Å². The number of fused-ring (bicyclic) bond motifs is 5. The molecule has 6 nitrogen and oxygen atoms in total. The van der Waals surface area contributed by atoms with E-state index >= 15 is 0 Å². The molecule has 0 saturated carbocycles. The summed E-state index contributed by atoms with van der Waals surface area (Å²) in [5, 5.41) is 10.3. The van der Waals surface area contributed by atoms with Crippen molar-refractivity contribution in [1.82, 2.24) is 25.0 Å². The Labute approximate surface area is 155 Å². The van der Waals surface area contributed by atoms with Crippen LogP contribution >= 0.6 is 11.3 Å². The number of piperidine rings is 1. The van der Waals surface area contributed by atoms with Gasteiger partial charge in [0.2, 0.25) is 0 Å². The van der Waals surface area contributed by atoms with Gasteiger partial charge in [0.05, 0.1) is 16.7 Å². The van der Waals surface area contributed by atoms with Crippen molar-refractivity contribution in [3.63, 3.8) is 0 Å². The first-order valence-corrected chi connectivity index (χ1v) is 10.1. The van der Waals surface area contributed by atoms with Gasteiger partial charge in [0.25, 0.3) is 5.91 Å². The van der Waals surface area contributed by atoms with Crippen LogP contribution in [0.25, 0.3) is 10.9 Å². The molecular weight excluding hydrogens is 346 g/mol. The first kappa shape index (κ1) is 16.0. The number of hydrogen-bond acceptors (Lipinski definition) is 5. The average Bonchev–Trinajstić information content (AvgIpc) is 3.24. The lowest BCUT2D eigenvalue weighted by molar-refractivity contribution is 0.0580. The Hall–Kier alpha value is -2.25. The SMILES string of the molecule is O=C(c1n[nH]c2ccccc12)N1CC2CCC1CN(Cc1cscn1)C2. The van der Waals surface area contributed by atoms with Gasteiger partial charge < -0.3 is 4.90 Å². The molecule has 3 aromatic rings. The molecule has 3 aliphatic heterocycles. The third kappa shape index (κ3) is 2.81. The Morgan fingerprint density at radius 3 is 3.04 bits per heavy atom. The minimum Gasteiger partial charge on any atom is -0.333 e. The zero-order valence-corrected chi connectivity index (χ0v) is 15.3. The van der Waals surface area contributed by atoms with Gasteiger partial charge >= 0.3 is 0 Å². The summed E-state index contributed by atoms with van der Waals surface area (Å²) in [6.07, 6.45) is 2.27. The van der Waals surface area contributed by atoms with Gasteiger partial charge in [-0.3, -0.25) is 14.8 Å². The number of H-pyrrole nitrogens is 1. The van der Waals surface area contributed by atoms with E-state index in [-0.39, 0.29) is 11.9 Å². The van der Waals surface area contributed by atoms with E-state index in [1.165, 1.54) is 6.42 Å². The molecule has 0 spiro atoms.